The van der Waals surface area contributed by atoms with Gasteiger partial charge in [0.15, 0.2) is 0 Å². The molecular formula is C16H12F4N2O2S. The number of pyridine rings is 1. The molecule has 0 atom stereocenters. The summed E-state index contributed by atoms with van der Waals surface area (Å²) >= 11 is 0.667. The molecule has 0 aliphatic carbocycles. The number of aromatic nitrogens is 2. The Morgan fingerprint density at radius 1 is 1.12 bits per heavy atom. The summed E-state index contributed by atoms with van der Waals surface area (Å²) in [6, 6.07) is 3.17. The van der Waals surface area contributed by atoms with Gasteiger partial charge in [0.1, 0.15) is 11.4 Å². The Hall–Kier alpha value is -2.42. The molecule has 1 aromatic carbocycles. The lowest BCUT2D eigenvalue weighted by Crippen LogP contribution is -2.17. The fourth-order valence-electron chi connectivity index (χ4n) is 2.53. The molecule has 132 valence electrons. The van der Waals surface area contributed by atoms with Crippen LogP contribution < -0.4 is 10.3 Å². The van der Waals surface area contributed by atoms with Gasteiger partial charge in [0.05, 0.1) is 17.2 Å². The zero-order chi connectivity index (χ0) is 18.5. The van der Waals surface area contributed by atoms with E-state index >= 15 is 0 Å². The van der Waals surface area contributed by atoms with E-state index < -0.39 is 34.8 Å². The number of ether oxygens (including phenoxy) is 1. The summed E-state index contributed by atoms with van der Waals surface area (Å²) in [5.41, 5.74) is -1.29. The fraction of sp³-hybridized carbons (Fsp3) is 0.250. The third-order valence-corrected chi connectivity index (χ3v) is 4.78. The van der Waals surface area contributed by atoms with Crippen molar-refractivity contribution >= 4 is 21.6 Å². The molecule has 0 spiro atoms. The highest BCUT2D eigenvalue weighted by Gasteiger charge is 2.26. The van der Waals surface area contributed by atoms with E-state index in [0.717, 1.165) is 0 Å². The summed E-state index contributed by atoms with van der Waals surface area (Å²) in [4.78, 5) is 15.2. The summed E-state index contributed by atoms with van der Waals surface area (Å²) < 4.78 is 61.0. The maximum absolute atomic E-state index is 14.0. The first-order chi connectivity index (χ1) is 11.8. The number of hydrogen-bond acceptors (Lipinski definition) is 4. The lowest BCUT2D eigenvalue weighted by Gasteiger charge is -2.08. The van der Waals surface area contributed by atoms with Gasteiger partial charge in [-0.2, -0.15) is 22.5 Å². The minimum absolute atomic E-state index is 0.0889. The highest BCUT2D eigenvalue weighted by Crippen LogP contribution is 2.33. The molecule has 0 fully saturated rings. The molecule has 2 heterocycles. The number of benzene rings is 1. The molecule has 3 rings (SSSR count). The Morgan fingerprint density at radius 2 is 1.72 bits per heavy atom. The van der Waals surface area contributed by atoms with Crippen molar-refractivity contribution in [2.45, 2.75) is 19.8 Å². The number of methoxy groups -OCH3 is 1. The van der Waals surface area contributed by atoms with E-state index in [0.29, 0.717) is 31.5 Å². The number of halogens is 4. The Kier molecular flexibility index (Phi) is 4.28. The third-order valence-electron chi connectivity index (χ3n) is 3.73. The maximum atomic E-state index is 14.0. The molecule has 4 nitrogen and oxygen atoms in total. The van der Waals surface area contributed by atoms with Crippen LogP contribution in [0.1, 0.15) is 25.3 Å². The Labute approximate surface area is 143 Å². The number of hydrogen-bond donors (Lipinski definition) is 0. The minimum Gasteiger partial charge on any atom is -0.497 e. The van der Waals surface area contributed by atoms with E-state index in [2.05, 4.69) is 4.98 Å². The van der Waals surface area contributed by atoms with Crippen molar-refractivity contribution < 1.29 is 22.3 Å². The van der Waals surface area contributed by atoms with Crippen molar-refractivity contribution in [1.82, 2.24) is 8.94 Å². The second kappa shape index (κ2) is 6.14. The van der Waals surface area contributed by atoms with Gasteiger partial charge in [0.25, 0.3) is 17.5 Å². The Morgan fingerprint density at radius 3 is 2.24 bits per heavy atom. The van der Waals surface area contributed by atoms with E-state index in [1.54, 1.807) is 6.07 Å². The Balaban J connectivity index is 2.43. The van der Waals surface area contributed by atoms with Gasteiger partial charge in [0.2, 0.25) is 11.6 Å². The summed E-state index contributed by atoms with van der Waals surface area (Å²) in [5.74, 6) is -6.73. The molecule has 0 radical (unpaired) electrons. The van der Waals surface area contributed by atoms with Crippen LogP contribution in [0.25, 0.3) is 15.8 Å². The quantitative estimate of drug-likeness (QED) is 0.513. The van der Waals surface area contributed by atoms with E-state index in [4.69, 9.17) is 4.74 Å². The van der Waals surface area contributed by atoms with Gasteiger partial charge in [-0.15, -0.1) is 0 Å². The van der Waals surface area contributed by atoms with E-state index in [1.165, 1.54) is 13.2 Å². The number of fused-ring (bicyclic) bond motifs is 1. The van der Waals surface area contributed by atoms with Crippen LogP contribution in [-0.4, -0.2) is 16.1 Å². The predicted molar refractivity (Wildman–Crippen MR) is 85.7 cm³/mol. The van der Waals surface area contributed by atoms with Gasteiger partial charge >= 0.3 is 0 Å². The molecule has 9 heteroatoms. The van der Waals surface area contributed by atoms with Crippen molar-refractivity contribution in [3.63, 3.8) is 0 Å². The van der Waals surface area contributed by atoms with Gasteiger partial charge in [0, 0.05) is 0 Å². The van der Waals surface area contributed by atoms with Gasteiger partial charge in [-0.25, -0.2) is 3.96 Å². The molecule has 3 aromatic rings. The zero-order valence-corrected chi connectivity index (χ0v) is 14.2. The van der Waals surface area contributed by atoms with Crippen LogP contribution in [0.15, 0.2) is 16.9 Å². The molecule has 0 aliphatic rings. The average molecular weight is 372 g/mol. The van der Waals surface area contributed by atoms with Crippen molar-refractivity contribution in [1.29, 1.82) is 0 Å². The topological polar surface area (TPSA) is 44.1 Å². The second-order valence-corrected chi connectivity index (χ2v) is 6.59. The first-order valence-corrected chi connectivity index (χ1v) is 7.98. The van der Waals surface area contributed by atoms with Crippen LogP contribution in [0.4, 0.5) is 17.6 Å². The Bertz CT molecular complexity index is 1020. The lowest BCUT2D eigenvalue weighted by molar-refractivity contribution is 0.403. The molecule has 0 bridgehead atoms. The fourth-order valence-corrected chi connectivity index (χ4v) is 3.62. The van der Waals surface area contributed by atoms with E-state index in [-0.39, 0.29) is 11.3 Å². The molecule has 25 heavy (non-hydrogen) atoms. The highest BCUT2D eigenvalue weighted by molar-refractivity contribution is 7.14. The summed E-state index contributed by atoms with van der Waals surface area (Å²) in [7, 11) is 1.44. The van der Waals surface area contributed by atoms with Crippen LogP contribution in [0.2, 0.25) is 0 Å². The molecular weight excluding hydrogens is 360 g/mol. The maximum Gasteiger partial charge on any atom is 0.273 e. The van der Waals surface area contributed by atoms with Crippen LogP contribution in [0.3, 0.4) is 0 Å². The van der Waals surface area contributed by atoms with Crippen LogP contribution in [0, 0.1) is 23.5 Å². The number of nitrogens with zero attached hydrogens (tertiary/aromatic N) is 2. The minimum atomic E-state index is -1.82. The lowest BCUT2D eigenvalue weighted by atomic mass is 9.99. The van der Waals surface area contributed by atoms with E-state index in [9.17, 15) is 22.4 Å². The van der Waals surface area contributed by atoms with Crippen LogP contribution in [0.5, 0.6) is 5.75 Å². The molecule has 0 saturated heterocycles. The molecule has 0 unspecified atom stereocenters. The first-order valence-electron chi connectivity index (χ1n) is 7.20. The van der Waals surface area contributed by atoms with Crippen molar-refractivity contribution in [2.75, 3.05) is 7.11 Å². The predicted octanol–water partition coefficient (Wildman–Crippen LogP) is 4.14. The number of rotatable bonds is 3. The van der Waals surface area contributed by atoms with Crippen LogP contribution >= 0.6 is 11.5 Å². The molecule has 0 saturated carbocycles. The summed E-state index contributed by atoms with van der Waals surface area (Å²) in [6.07, 6.45) is 0. The van der Waals surface area contributed by atoms with Crippen molar-refractivity contribution in [3.8, 4) is 11.4 Å². The standard InChI is InChI=1S/C16H12F4N2O2S/c1-6(2)8-4-7(24-3)5-9-10(8)16(23)22(25-9)13-11(17)14(19)21-15(20)12(13)18/h4-6H,1-3H3. The molecule has 2 aromatic heterocycles. The van der Waals surface area contributed by atoms with Gasteiger partial charge in [-0.05, 0) is 23.6 Å². The van der Waals surface area contributed by atoms with Gasteiger partial charge < -0.3 is 4.74 Å². The van der Waals surface area contributed by atoms with E-state index in [1.807, 2.05) is 13.8 Å². The summed E-state index contributed by atoms with van der Waals surface area (Å²) in [6.45, 7) is 3.67. The van der Waals surface area contributed by atoms with Crippen molar-refractivity contribution in [2.24, 2.45) is 0 Å². The first kappa shape index (κ1) is 17.4. The summed E-state index contributed by atoms with van der Waals surface area (Å²) in [5, 5.41) is 0.220. The molecule has 0 amide bonds. The molecule has 0 N–H and O–H groups in total. The van der Waals surface area contributed by atoms with Gasteiger partial charge in [-0.1, -0.05) is 25.4 Å². The third kappa shape index (κ3) is 2.68. The monoisotopic (exact) mass is 372 g/mol. The smallest absolute Gasteiger partial charge is 0.273 e. The van der Waals surface area contributed by atoms with Crippen molar-refractivity contribution in [3.05, 3.63) is 51.6 Å². The normalized spacial score (nSPS) is 11.5. The van der Waals surface area contributed by atoms with Crippen LogP contribution in [-0.2, 0) is 0 Å². The largest absolute Gasteiger partial charge is 0.497 e. The zero-order valence-electron chi connectivity index (χ0n) is 13.4. The highest BCUT2D eigenvalue weighted by atomic mass is 32.1. The second-order valence-electron chi connectivity index (χ2n) is 5.61. The van der Waals surface area contributed by atoms with Gasteiger partial charge in [-0.3, -0.25) is 4.79 Å². The SMILES string of the molecule is COc1cc(C(C)C)c2c(=O)n(-c3c(F)c(F)nc(F)c3F)sc2c1. The average Bonchev–Trinajstić information content (AvgIpc) is 2.89. The molecule has 0 aliphatic heterocycles.